The largest absolute Gasteiger partial charge is 0.504 e. The van der Waals surface area contributed by atoms with Crippen LogP contribution in [-0.4, -0.2) is 53.2 Å². The fourth-order valence-electron chi connectivity index (χ4n) is 4.54. The van der Waals surface area contributed by atoms with E-state index in [1.165, 1.54) is 25.3 Å². The van der Waals surface area contributed by atoms with Crippen LogP contribution in [0.3, 0.4) is 0 Å². The van der Waals surface area contributed by atoms with Crippen molar-refractivity contribution in [2.24, 2.45) is 11.3 Å². The maximum absolute atomic E-state index is 13.5. The van der Waals surface area contributed by atoms with E-state index in [-0.39, 0.29) is 28.9 Å². The summed E-state index contributed by atoms with van der Waals surface area (Å²) >= 11 is 6.02. The maximum Gasteiger partial charge on any atom is 0.252 e. The second-order valence-electron chi connectivity index (χ2n) is 9.84. The van der Waals surface area contributed by atoms with E-state index in [4.69, 9.17) is 16.3 Å². The third-order valence-electron chi connectivity index (χ3n) is 6.74. The van der Waals surface area contributed by atoms with Crippen molar-refractivity contribution < 1.29 is 24.5 Å². The van der Waals surface area contributed by atoms with Gasteiger partial charge in [0.25, 0.3) is 5.91 Å². The molecule has 1 aliphatic rings. The number of likely N-dealkylation sites (tertiary alicyclic amines) is 1. The first-order valence-electron chi connectivity index (χ1n) is 11.3. The number of hydrogen-bond donors (Lipinski definition) is 3. The van der Waals surface area contributed by atoms with Gasteiger partial charge < -0.3 is 25.2 Å². The van der Waals surface area contributed by atoms with E-state index in [0.717, 1.165) is 5.56 Å². The predicted octanol–water partition coefficient (Wildman–Crippen LogP) is 3.95. The molecule has 0 radical (unpaired) electrons. The van der Waals surface area contributed by atoms with Gasteiger partial charge in [0.15, 0.2) is 11.5 Å². The Kier molecular flexibility index (Phi) is 7.48. The number of aliphatic hydroxyl groups is 1. The average Bonchev–Trinajstić information content (AvgIpc) is 2.78. The van der Waals surface area contributed by atoms with Gasteiger partial charge in [0, 0.05) is 29.1 Å². The summed E-state index contributed by atoms with van der Waals surface area (Å²) in [6, 6.07) is 10.7. The highest BCUT2D eigenvalue weighted by Crippen LogP contribution is 2.46. The monoisotopic (exact) mass is 488 g/mol. The lowest BCUT2D eigenvalue weighted by Crippen LogP contribution is -2.60. The third-order valence-corrected chi connectivity index (χ3v) is 7.00. The highest BCUT2D eigenvalue weighted by Gasteiger charge is 2.50. The third kappa shape index (κ3) is 5.00. The zero-order valence-electron chi connectivity index (χ0n) is 20.3. The number of ether oxygens (including phenoxy) is 1. The number of halogens is 1. The van der Waals surface area contributed by atoms with Gasteiger partial charge >= 0.3 is 0 Å². The van der Waals surface area contributed by atoms with E-state index in [1.54, 1.807) is 17.0 Å². The topological polar surface area (TPSA) is 99.1 Å². The Hall–Kier alpha value is -2.77. The molecule has 1 saturated heterocycles. The zero-order valence-corrected chi connectivity index (χ0v) is 21.0. The molecule has 184 valence electrons. The predicted molar refractivity (Wildman–Crippen MR) is 131 cm³/mol. The van der Waals surface area contributed by atoms with Crippen LogP contribution >= 0.6 is 11.6 Å². The number of nitrogens with zero attached hydrogens (tertiary/aromatic N) is 1. The Morgan fingerprint density at radius 3 is 2.32 bits per heavy atom. The Balaban J connectivity index is 1.77. The molecule has 0 spiro atoms. The lowest BCUT2D eigenvalue weighted by molar-refractivity contribution is -0.155. The highest BCUT2D eigenvalue weighted by molar-refractivity contribution is 6.30. The molecule has 8 heteroatoms. The Bertz CT molecular complexity index is 1050. The number of nitrogens with one attached hydrogen (secondary N) is 1. The molecule has 3 N–H and O–H groups in total. The Labute approximate surface area is 205 Å². The zero-order chi connectivity index (χ0) is 25.3. The van der Waals surface area contributed by atoms with Gasteiger partial charge in [-0.3, -0.25) is 9.59 Å². The number of aromatic hydroxyl groups is 1. The molecule has 0 bridgehead atoms. The average molecular weight is 489 g/mol. The number of rotatable bonds is 6. The summed E-state index contributed by atoms with van der Waals surface area (Å²) in [6.07, 6.45) is 0.360. The Morgan fingerprint density at radius 1 is 1.15 bits per heavy atom. The molecular weight excluding hydrogens is 456 g/mol. The summed E-state index contributed by atoms with van der Waals surface area (Å²) in [7, 11) is 1.43. The van der Waals surface area contributed by atoms with Crippen molar-refractivity contribution in [2.45, 2.75) is 45.8 Å². The second kappa shape index (κ2) is 9.84. The van der Waals surface area contributed by atoms with Crippen molar-refractivity contribution in [3.63, 3.8) is 0 Å². The van der Waals surface area contributed by atoms with Crippen molar-refractivity contribution in [3.8, 4) is 11.5 Å². The summed E-state index contributed by atoms with van der Waals surface area (Å²) in [5.41, 5.74) is -0.761. The molecular formula is C26H33ClN2O5. The van der Waals surface area contributed by atoms with E-state index in [1.807, 2.05) is 39.8 Å². The van der Waals surface area contributed by atoms with Gasteiger partial charge in [-0.1, -0.05) is 51.4 Å². The van der Waals surface area contributed by atoms with E-state index in [9.17, 15) is 19.8 Å². The minimum absolute atomic E-state index is 0.151. The number of benzene rings is 2. The van der Waals surface area contributed by atoms with Crippen LogP contribution in [0.5, 0.6) is 11.5 Å². The van der Waals surface area contributed by atoms with Gasteiger partial charge in [0.05, 0.1) is 12.7 Å². The summed E-state index contributed by atoms with van der Waals surface area (Å²) in [4.78, 5) is 28.1. The molecule has 7 nitrogen and oxygen atoms in total. The van der Waals surface area contributed by atoms with Gasteiger partial charge in [-0.2, -0.15) is 0 Å². The molecule has 3 rings (SSSR count). The summed E-state index contributed by atoms with van der Waals surface area (Å²) in [5.74, 6) is -0.715. The molecule has 34 heavy (non-hydrogen) atoms. The first kappa shape index (κ1) is 25.8. The van der Waals surface area contributed by atoms with Gasteiger partial charge in [-0.05, 0) is 48.2 Å². The minimum atomic E-state index is -1.12. The number of phenolic OH excluding ortho intramolecular Hbond substituents is 1. The number of amides is 2. The molecule has 2 atom stereocenters. The maximum atomic E-state index is 13.5. The van der Waals surface area contributed by atoms with Crippen LogP contribution < -0.4 is 10.1 Å². The molecule has 2 aromatic rings. The van der Waals surface area contributed by atoms with E-state index in [2.05, 4.69) is 5.32 Å². The lowest BCUT2D eigenvalue weighted by atomic mass is 9.66. The van der Waals surface area contributed by atoms with Crippen LogP contribution in [-0.2, 0) is 10.4 Å². The van der Waals surface area contributed by atoms with Gasteiger partial charge in [0.2, 0.25) is 5.91 Å². The fraction of sp³-hybridized carbons (Fsp3) is 0.462. The number of phenols is 1. The van der Waals surface area contributed by atoms with Crippen molar-refractivity contribution in [3.05, 3.63) is 58.6 Å². The standard InChI is InChI=1S/C26H33ClN2O5/c1-16(2)22(28-23(31)17-6-11-21(34-5)20(30)14-17)24(32)29-13-12-26(33,25(3,4)15-29)18-7-9-19(27)10-8-18/h6-11,14,16,22,30,33H,12-13,15H2,1-5H3,(H,28,31)/t22-,26+/m1/s1. The first-order valence-corrected chi connectivity index (χ1v) is 11.7. The van der Waals surface area contributed by atoms with Crippen LogP contribution in [0.1, 0.15) is 50.0 Å². The second-order valence-corrected chi connectivity index (χ2v) is 10.3. The van der Waals surface area contributed by atoms with Crippen LogP contribution in [0.2, 0.25) is 5.02 Å². The SMILES string of the molecule is COc1ccc(C(=O)N[C@@H](C(=O)N2CC[C@](O)(c3ccc(Cl)cc3)C(C)(C)C2)C(C)C)cc1O. The highest BCUT2D eigenvalue weighted by atomic mass is 35.5. The number of carbonyl (C=O) groups excluding carboxylic acids is 2. The number of methoxy groups -OCH3 is 1. The van der Waals surface area contributed by atoms with Crippen LogP contribution in [0, 0.1) is 11.3 Å². The van der Waals surface area contributed by atoms with Crippen molar-refractivity contribution >= 4 is 23.4 Å². The van der Waals surface area contributed by atoms with Crippen molar-refractivity contribution in [1.82, 2.24) is 10.2 Å². The number of carbonyl (C=O) groups is 2. The van der Waals surface area contributed by atoms with Gasteiger partial charge in [-0.15, -0.1) is 0 Å². The van der Waals surface area contributed by atoms with E-state index < -0.39 is 23.0 Å². The molecule has 2 amide bonds. The van der Waals surface area contributed by atoms with Gasteiger partial charge in [-0.25, -0.2) is 0 Å². The minimum Gasteiger partial charge on any atom is -0.504 e. The smallest absolute Gasteiger partial charge is 0.252 e. The number of piperidine rings is 1. The molecule has 1 aliphatic heterocycles. The lowest BCUT2D eigenvalue weighted by Gasteiger charge is -2.51. The fourth-order valence-corrected chi connectivity index (χ4v) is 4.66. The molecule has 0 aliphatic carbocycles. The van der Waals surface area contributed by atoms with Crippen LogP contribution in [0.15, 0.2) is 42.5 Å². The molecule has 0 saturated carbocycles. The summed E-state index contributed by atoms with van der Waals surface area (Å²) in [5, 5.41) is 25.0. The molecule has 1 heterocycles. The van der Waals surface area contributed by atoms with Crippen LogP contribution in [0.25, 0.3) is 0 Å². The number of hydrogen-bond acceptors (Lipinski definition) is 5. The molecule has 2 aromatic carbocycles. The normalized spacial score (nSPS) is 20.6. The van der Waals surface area contributed by atoms with E-state index in [0.29, 0.717) is 24.5 Å². The van der Waals surface area contributed by atoms with E-state index >= 15 is 0 Å². The Morgan fingerprint density at radius 2 is 1.79 bits per heavy atom. The summed E-state index contributed by atoms with van der Waals surface area (Å²) < 4.78 is 5.02. The van der Waals surface area contributed by atoms with Crippen molar-refractivity contribution in [2.75, 3.05) is 20.2 Å². The molecule has 0 unspecified atom stereocenters. The van der Waals surface area contributed by atoms with Crippen LogP contribution in [0.4, 0.5) is 0 Å². The van der Waals surface area contributed by atoms with Crippen molar-refractivity contribution in [1.29, 1.82) is 0 Å². The molecule has 1 fully saturated rings. The van der Waals surface area contributed by atoms with Gasteiger partial charge in [0.1, 0.15) is 6.04 Å². The quantitative estimate of drug-likeness (QED) is 0.571. The molecule has 0 aromatic heterocycles. The summed E-state index contributed by atoms with van der Waals surface area (Å²) in [6.45, 7) is 8.28. The first-order chi connectivity index (χ1) is 15.9.